The van der Waals surface area contributed by atoms with Crippen molar-refractivity contribution >= 4 is 5.91 Å². The fourth-order valence-electron chi connectivity index (χ4n) is 4.29. The highest BCUT2D eigenvalue weighted by Crippen LogP contribution is 2.39. The Hall–Kier alpha value is -1.73. The van der Waals surface area contributed by atoms with Crippen LogP contribution in [-0.4, -0.2) is 60.2 Å². The number of carbonyl (C=O) groups excluding carboxylic acids is 1. The third-order valence-electron chi connectivity index (χ3n) is 5.44. The quantitative estimate of drug-likeness (QED) is 0.838. The molecule has 1 aromatic carbocycles. The summed E-state index contributed by atoms with van der Waals surface area (Å²) in [6.07, 6.45) is 3.42. The number of aliphatic hydroxyl groups is 1. The molecule has 5 nitrogen and oxygen atoms in total. The molecule has 0 radical (unpaired) electrons. The fourth-order valence-corrected chi connectivity index (χ4v) is 4.29. The highest BCUT2D eigenvalue weighted by atomic mass is 19.3. The lowest BCUT2D eigenvalue weighted by atomic mass is 9.73. The molecule has 0 bridgehead atoms. The number of amides is 1. The molecule has 2 fully saturated rings. The van der Waals surface area contributed by atoms with Gasteiger partial charge in [-0.15, -0.1) is 0 Å². The zero-order chi connectivity index (χ0) is 18.6. The van der Waals surface area contributed by atoms with Crippen molar-refractivity contribution in [2.45, 2.75) is 38.8 Å². The van der Waals surface area contributed by atoms with Gasteiger partial charge in [0.1, 0.15) is 5.75 Å². The zero-order valence-corrected chi connectivity index (χ0v) is 14.9. The molecule has 3 rings (SSSR count). The summed E-state index contributed by atoms with van der Waals surface area (Å²) in [7, 11) is 0. The predicted octanol–water partition coefficient (Wildman–Crippen LogP) is 2.48. The van der Waals surface area contributed by atoms with E-state index in [9.17, 15) is 18.7 Å². The zero-order valence-electron chi connectivity index (χ0n) is 14.9. The Morgan fingerprint density at radius 2 is 2.04 bits per heavy atom. The molecule has 2 saturated heterocycles. The van der Waals surface area contributed by atoms with Crippen molar-refractivity contribution in [1.82, 2.24) is 9.80 Å². The van der Waals surface area contributed by atoms with E-state index in [-0.39, 0.29) is 23.7 Å². The van der Waals surface area contributed by atoms with Crippen LogP contribution in [0.4, 0.5) is 8.78 Å². The molecule has 2 aliphatic heterocycles. The van der Waals surface area contributed by atoms with Gasteiger partial charge in [-0.2, -0.15) is 8.78 Å². The Balaban J connectivity index is 1.68. The molecule has 2 aliphatic rings. The summed E-state index contributed by atoms with van der Waals surface area (Å²) in [6, 6.07) is 6.92. The van der Waals surface area contributed by atoms with Gasteiger partial charge >= 0.3 is 6.61 Å². The van der Waals surface area contributed by atoms with Gasteiger partial charge < -0.3 is 14.7 Å². The molecule has 1 atom stereocenters. The van der Waals surface area contributed by atoms with Crippen LogP contribution >= 0.6 is 0 Å². The largest absolute Gasteiger partial charge is 0.434 e. The highest BCUT2D eigenvalue weighted by Gasteiger charge is 2.41. The van der Waals surface area contributed by atoms with E-state index in [1.54, 1.807) is 17.0 Å². The number of para-hydroxylation sites is 1. The van der Waals surface area contributed by atoms with Crippen molar-refractivity contribution in [2.75, 3.05) is 32.8 Å². The second-order valence-corrected chi connectivity index (χ2v) is 7.34. The first-order valence-corrected chi connectivity index (χ1v) is 9.15. The number of alkyl halides is 2. The molecule has 7 heteroatoms. The van der Waals surface area contributed by atoms with Gasteiger partial charge in [-0.1, -0.05) is 18.2 Å². The minimum Gasteiger partial charge on any atom is -0.434 e. The number of likely N-dealkylation sites (tertiary alicyclic amines) is 2. The number of nitrogens with zero attached hydrogens (tertiary/aromatic N) is 2. The number of hydrogen-bond acceptors (Lipinski definition) is 4. The van der Waals surface area contributed by atoms with Crippen molar-refractivity contribution in [3.63, 3.8) is 0 Å². The fraction of sp³-hybridized carbons (Fsp3) is 0.632. The molecule has 0 unspecified atom stereocenters. The van der Waals surface area contributed by atoms with E-state index in [1.807, 2.05) is 12.1 Å². The summed E-state index contributed by atoms with van der Waals surface area (Å²) >= 11 is 0. The average molecular weight is 368 g/mol. The Kier molecular flexibility index (Phi) is 6.09. The van der Waals surface area contributed by atoms with Crippen molar-refractivity contribution in [2.24, 2.45) is 5.41 Å². The Labute approximate surface area is 152 Å². The Bertz CT molecular complexity index is 629. The van der Waals surface area contributed by atoms with E-state index in [1.165, 1.54) is 0 Å². The first kappa shape index (κ1) is 19.0. The van der Waals surface area contributed by atoms with Crippen LogP contribution in [-0.2, 0) is 11.3 Å². The number of aliphatic hydroxyl groups excluding tert-OH is 1. The minimum atomic E-state index is -2.83. The van der Waals surface area contributed by atoms with Gasteiger partial charge in [0, 0.05) is 43.6 Å². The second kappa shape index (κ2) is 8.31. The number of benzene rings is 1. The lowest BCUT2D eigenvalue weighted by molar-refractivity contribution is -0.140. The first-order chi connectivity index (χ1) is 12.5. The van der Waals surface area contributed by atoms with Crippen LogP contribution in [0.3, 0.4) is 0 Å². The molecule has 1 spiro atoms. The summed E-state index contributed by atoms with van der Waals surface area (Å²) in [4.78, 5) is 16.1. The van der Waals surface area contributed by atoms with Gasteiger partial charge in [0.05, 0.1) is 6.61 Å². The average Bonchev–Trinajstić information content (AvgIpc) is 2.60. The number of ether oxygens (including phenoxy) is 1. The predicted molar refractivity (Wildman–Crippen MR) is 92.9 cm³/mol. The number of carbonyl (C=O) groups is 1. The maximum absolute atomic E-state index is 12.6. The van der Waals surface area contributed by atoms with E-state index in [0.29, 0.717) is 26.1 Å². The van der Waals surface area contributed by atoms with Crippen molar-refractivity contribution in [3.05, 3.63) is 29.8 Å². The second-order valence-electron chi connectivity index (χ2n) is 7.34. The summed E-state index contributed by atoms with van der Waals surface area (Å²) in [5.41, 5.74) is 0.781. The van der Waals surface area contributed by atoms with Gasteiger partial charge in [0.15, 0.2) is 0 Å². The van der Waals surface area contributed by atoms with E-state index < -0.39 is 6.61 Å². The maximum atomic E-state index is 12.6. The first-order valence-electron chi connectivity index (χ1n) is 9.15. The SMILES string of the molecule is O=C1CC[C@@]2(CCCN(Cc3ccccc3OC(F)F)C2)CN1CCO. The van der Waals surface area contributed by atoms with Crippen LogP contribution in [0.15, 0.2) is 24.3 Å². The van der Waals surface area contributed by atoms with Gasteiger partial charge in [-0.05, 0) is 31.9 Å². The van der Waals surface area contributed by atoms with Crippen LogP contribution in [0.25, 0.3) is 0 Å². The molecule has 1 aromatic rings. The third-order valence-corrected chi connectivity index (χ3v) is 5.44. The molecule has 0 aromatic heterocycles. The van der Waals surface area contributed by atoms with Crippen LogP contribution in [0.5, 0.6) is 5.75 Å². The smallest absolute Gasteiger partial charge is 0.387 e. The molecule has 1 N–H and O–H groups in total. The number of rotatable bonds is 6. The lowest BCUT2D eigenvalue weighted by Crippen LogP contribution is -2.54. The molecule has 26 heavy (non-hydrogen) atoms. The number of hydrogen-bond donors (Lipinski definition) is 1. The molecule has 1 amide bonds. The maximum Gasteiger partial charge on any atom is 0.387 e. The molecular weight excluding hydrogens is 342 g/mol. The van der Waals surface area contributed by atoms with Crippen molar-refractivity contribution in [3.8, 4) is 5.75 Å². The summed E-state index contributed by atoms with van der Waals surface area (Å²) in [6.45, 7) is 0.469. The Morgan fingerprint density at radius 3 is 2.81 bits per heavy atom. The topological polar surface area (TPSA) is 53.0 Å². The normalized spacial score (nSPS) is 24.5. The van der Waals surface area contributed by atoms with Crippen molar-refractivity contribution in [1.29, 1.82) is 0 Å². The number of halogens is 2. The van der Waals surface area contributed by atoms with Gasteiger partial charge in [0.25, 0.3) is 0 Å². The number of β-amino-alcohol motifs (C(OH)–C–C–N with tert-alkyl or cyclic N) is 1. The van der Waals surface area contributed by atoms with E-state index in [0.717, 1.165) is 37.9 Å². The summed E-state index contributed by atoms with van der Waals surface area (Å²) in [5, 5.41) is 9.19. The van der Waals surface area contributed by atoms with E-state index in [2.05, 4.69) is 9.64 Å². The van der Waals surface area contributed by atoms with E-state index in [4.69, 9.17) is 0 Å². The van der Waals surface area contributed by atoms with Crippen LogP contribution < -0.4 is 4.74 Å². The standard InChI is InChI=1S/C19H26F2N2O3/c20-18(21)26-16-5-2-1-4-15(16)12-22-9-3-7-19(13-22)8-6-17(25)23(14-19)10-11-24/h1-2,4-5,18,24H,3,6-14H2/t19-/m1/s1. The van der Waals surface area contributed by atoms with E-state index >= 15 is 0 Å². The van der Waals surface area contributed by atoms with Gasteiger partial charge in [0.2, 0.25) is 5.91 Å². The van der Waals surface area contributed by atoms with Crippen LogP contribution in [0, 0.1) is 5.41 Å². The van der Waals surface area contributed by atoms with Crippen molar-refractivity contribution < 1.29 is 23.4 Å². The van der Waals surface area contributed by atoms with Gasteiger partial charge in [-0.3, -0.25) is 9.69 Å². The molecular formula is C19H26F2N2O3. The monoisotopic (exact) mass is 368 g/mol. The van der Waals surface area contributed by atoms with Crippen LogP contribution in [0.1, 0.15) is 31.2 Å². The highest BCUT2D eigenvalue weighted by molar-refractivity contribution is 5.77. The Morgan fingerprint density at radius 1 is 1.23 bits per heavy atom. The summed E-state index contributed by atoms with van der Waals surface area (Å²) < 4.78 is 29.9. The molecule has 144 valence electrons. The third kappa shape index (κ3) is 4.51. The minimum absolute atomic E-state index is 0.0239. The molecule has 0 aliphatic carbocycles. The van der Waals surface area contributed by atoms with Crippen LogP contribution in [0.2, 0.25) is 0 Å². The molecule has 2 heterocycles. The number of piperidine rings is 2. The summed E-state index contributed by atoms with van der Waals surface area (Å²) in [5.74, 6) is 0.334. The lowest BCUT2D eigenvalue weighted by Gasteiger charge is -2.48. The van der Waals surface area contributed by atoms with Gasteiger partial charge in [-0.25, -0.2) is 0 Å². The molecule has 0 saturated carbocycles.